The Morgan fingerprint density at radius 3 is 2.52 bits per heavy atom. The van der Waals surface area contributed by atoms with Gasteiger partial charge in [0, 0.05) is 31.5 Å². The summed E-state index contributed by atoms with van der Waals surface area (Å²) in [7, 11) is -0.0844. The van der Waals surface area contributed by atoms with Crippen molar-refractivity contribution in [1.82, 2.24) is 10.2 Å². The molecule has 1 aromatic carbocycles. The van der Waals surface area contributed by atoms with Gasteiger partial charge in [-0.05, 0) is 31.2 Å². The lowest BCUT2D eigenvalue weighted by Gasteiger charge is -2.13. The molecule has 0 atom stereocenters. The summed E-state index contributed by atoms with van der Waals surface area (Å²) in [6.45, 7) is 1.84. The van der Waals surface area contributed by atoms with Gasteiger partial charge in [0.05, 0.1) is 6.61 Å². The lowest BCUT2D eigenvalue weighted by Crippen LogP contribution is -2.14. The maximum absolute atomic E-state index is 12.3. The first-order valence-electron chi connectivity index (χ1n) is 6.86. The minimum absolute atomic E-state index is 0.0878. The van der Waals surface area contributed by atoms with Gasteiger partial charge in [-0.3, -0.25) is 9.82 Å². The van der Waals surface area contributed by atoms with Gasteiger partial charge in [-0.1, -0.05) is 0 Å². The van der Waals surface area contributed by atoms with Crippen molar-refractivity contribution in [2.45, 2.75) is 11.9 Å². The van der Waals surface area contributed by atoms with Gasteiger partial charge < -0.3 is 9.64 Å². The van der Waals surface area contributed by atoms with E-state index in [2.05, 4.69) is 14.9 Å². The molecule has 8 nitrogen and oxygen atoms in total. The van der Waals surface area contributed by atoms with Gasteiger partial charge in [-0.25, -0.2) is 4.79 Å². The largest absolute Gasteiger partial charge is 0.461 e. The Balaban J connectivity index is 2.17. The summed E-state index contributed by atoms with van der Waals surface area (Å²) in [5.41, 5.74) is 1.26. The Kier molecular flexibility index (Phi) is 4.89. The number of carbonyl (C=O) groups is 1. The third-order valence-electron chi connectivity index (χ3n) is 2.96. The predicted molar refractivity (Wildman–Crippen MR) is 86.1 cm³/mol. The van der Waals surface area contributed by atoms with Crippen LogP contribution in [0.2, 0.25) is 0 Å². The summed E-state index contributed by atoms with van der Waals surface area (Å²) in [5, 5.41) is 5.77. The maximum atomic E-state index is 12.3. The van der Waals surface area contributed by atoms with Crippen LogP contribution in [0.4, 0.5) is 11.4 Å². The predicted octanol–water partition coefficient (Wildman–Crippen LogP) is 1.45. The summed E-state index contributed by atoms with van der Waals surface area (Å²) in [6, 6.07) is 8.00. The van der Waals surface area contributed by atoms with Gasteiger partial charge in [0.1, 0.15) is 0 Å². The summed E-state index contributed by atoms with van der Waals surface area (Å²) in [5.74, 6) is -0.680. The third kappa shape index (κ3) is 4.01. The fraction of sp³-hybridized carbons (Fsp3) is 0.286. The second kappa shape index (κ2) is 6.69. The average Bonchev–Trinajstić information content (AvgIpc) is 2.98. The van der Waals surface area contributed by atoms with Crippen LogP contribution < -0.4 is 9.62 Å². The normalized spacial score (nSPS) is 11.1. The highest BCUT2D eigenvalue weighted by molar-refractivity contribution is 7.92. The zero-order chi connectivity index (χ0) is 17.0. The molecule has 0 unspecified atom stereocenters. The molecule has 0 saturated heterocycles. The molecule has 0 fully saturated rings. The number of ether oxygens (including phenoxy) is 1. The van der Waals surface area contributed by atoms with Crippen molar-refractivity contribution in [1.29, 1.82) is 0 Å². The lowest BCUT2D eigenvalue weighted by molar-refractivity contribution is 0.0519. The monoisotopic (exact) mass is 338 g/mol. The standard InChI is InChI=1S/C14H18N4O4S/c1-4-22-14(19)12-9-13(16-15-12)23(20,21)17-10-5-7-11(8-6-10)18(2)3/h5-9,17H,4H2,1-3H3,(H,15,16). The molecule has 0 amide bonds. The van der Waals surface area contributed by atoms with Crippen LogP contribution in [0.5, 0.6) is 0 Å². The van der Waals surface area contributed by atoms with Gasteiger partial charge in [0.15, 0.2) is 10.7 Å². The quantitative estimate of drug-likeness (QED) is 0.773. The van der Waals surface area contributed by atoms with Crippen LogP contribution in [-0.2, 0) is 14.8 Å². The fourth-order valence-electron chi connectivity index (χ4n) is 1.79. The van der Waals surface area contributed by atoms with E-state index in [1.54, 1.807) is 31.2 Å². The van der Waals surface area contributed by atoms with Gasteiger partial charge in [0.2, 0.25) is 0 Å². The summed E-state index contributed by atoms with van der Waals surface area (Å²) < 4.78 is 31.7. The third-order valence-corrected chi connectivity index (χ3v) is 4.26. The zero-order valence-electron chi connectivity index (χ0n) is 13.0. The van der Waals surface area contributed by atoms with E-state index in [-0.39, 0.29) is 17.3 Å². The number of carbonyl (C=O) groups excluding carboxylic acids is 1. The molecular weight excluding hydrogens is 320 g/mol. The van der Waals surface area contributed by atoms with Crippen LogP contribution >= 0.6 is 0 Å². The molecule has 2 rings (SSSR count). The van der Waals surface area contributed by atoms with Gasteiger partial charge in [0.25, 0.3) is 10.0 Å². The maximum Gasteiger partial charge on any atom is 0.358 e. The SMILES string of the molecule is CCOC(=O)c1cc(S(=O)(=O)Nc2ccc(N(C)C)cc2)[nH]n1. The molecular formula is C14H18N4O4S. The van der Waals surface area contributed by atoms with E-state index in [1.807, 2.05) is 19.0 Å². The first-order valence-corrected chi connectivity index (χ1v) is 8.34. The van der Waals surface area contributed by atoms with Crippen molar-refractivity contribution in [2.75, 3.05) is 30.3 Å². The first-order chi connectivity index (χ1) is 10.8. The van der Waals surface area contributed by atoms with E-state index in [1.165, 1.54) is 0 Å². The van der Waals surface area contributed by atoms with Crippen molar-refractivity contribution in [3.63, 3.8) is 0 Å². The van der Waals surface area contributed by atoms with E-state index >= 15 is 0 Å². The highest BCUT2D eigenvalue weighted by atomic mass is 32.2. The second-order valence-corrected chi connectivity index (χ2v) is 6.54. The van der Waals surface area contributed by atoms with Crippen molar-refractivity contribution >= 4 is 27.4 Å². The Hall–Kier alpha value is -2.55. The Labute approximate surface area is 134 Å². The molecule has 23 heavy (non-hydrogen) atoms. The highest BCUT2D eigenvalue weighted by Crippen LogP contribution is 2.19. The van der Waals surface area contributed by atoms with Crippen LogP contribution in [0.25, 0.3) is 0 Å². The molecule has 9 heteroatoms. The Morgan fingerprint density at radius 2 is 1.96 bits per heavy atom. The molecule has 124 valence electrons. The molecule has 1 heterocycles. The molecule has 2 N–H and O–H groups in total. The smallest absolute Gasteiger partial charge is 0.358 e. The second-order valence-electron chi connectivity index (χ2n) is 4.88. The van der Waals surface area contributed by atoms with Crippen LogP contribution in [0.15, 0.2) is 35.4 Å². The molecule has 0 saturated carbocycles. The van der Waals surface area contributed by atoms with E-state index in [0.717, 1.165) is 11.8 Å². The van der Waals surface area contributed by atoms with E-state index < -0.39 is 16.0 Å². The summed E-state index contributed by atoms with van der Waals surface area (Å²) in [4.78, 5) is 13.4. The van der Waals surface area contributed by atoms with Gasteiger partial charge in [-0.2, -0.15) is 13.5 Å². The van der Waals surface area contributed by atoms with Crippen LogP contribution in [0, 0.1) is 0 Å². The molecule has 0 aliphatic rings. The van der Waals surface area contributed by atoms with Crippen LogP contribution in [-0.4, -0.2) is 45.3 Å². The minimum Gasteiger partial charge on any atom is -0.461 e. The number of nitrogens with zero attached hydrogens (tertiary/aromatic N) is 2. The van der Waals surface area contributed by atoms with Crippen molar-refractivity contribution in [2.24, 2.45) is 0 Å². The van der Waals surface area contributed by atoms with E-state index in [9.17, 15) is 13.2 Å². The number of nitrogens with one attached hydrogen (secondary N) is 2. The number of benzene rings is 1. The van der Waals surface area contributed by atoms with Crippen molar-refractivity contribution < 1.29 is 17.9 Å². The highest BCUT2D eigenvalue weighted by Gasteiger charge is 2.20. The average molecular weight is 338 g/mol. The zero-order valence-corrected chi connectivity index (χ0v) is 13.8. The van der Waals surface area contributed by atoms with E-state index in [4.69, 9.17) is 4.74 Å². The van der Waals surface area contributed by atoms with E-state index in [0.29, 0.717) is 5.69 Å². The molecule has 0 bridgehead atoms. The number of aromatic nitrogens is 2. The number of hydrogen-bond acceptors (Lipinski definition) is 6. The lowest BCUT2D eigenvalue weighted by atomic mass is 10.3. The number of hydrogen-bond donors (Lipinski definition) is 2. The van der Waals surface area contributed by atoms with Crippen molar-refractivity contribution in [3.05, 3.63) is 36.0 Å². The molecule has 0 aliphatic heterocycles. The molecule has 0 aliphatic carbocycles. The number of aromatic amines is 1. The van der Waals surface area contributed by atoms with Crippen molar-refractivity contribution in [3.8, 4) is 0 Å². The molecule has 2 aromatic rings. The summed E-state index contributed by atoms with van der Waals surface area (Å²) >= 11 is 0. The van der Waals surface area contributed by atoms with Crippen LogP contribution in [0.1, 0.15) is 17.4 Å². The molecule has 0 spiro atoms. The molecule has 1 aromatic heterocycles. The minimum atomic E-state index is -3.86. The fourth-order valence-corrected chi connectivity index (χ4v) is 2.78. The number of anilines is 2. The number of rotatable bonds is 6. The topological polar surface area (TPSA) is 104 Å². The Bertz CT molecular complexity index is 781. The Morgan fingerprint density at radius 1 is 1.30 bits per heavy atom. The summed E-state index contributed by atoms with van der Waals surface area (Å²) in [6.07, 6.45) is 0. The first kappa shape index (κ1) is 16.8. The number of H-pyrrole nitrogens is 1. The van der Waals surface area contributed by atoms with Gasteiger partial charge in [-0.15, -0.1) is 0 Å². The number of sulfonamides is 1. The van der Waals surface area contributed by atoms with Gasteiger partial charge >= 0.3 is 5.97 Å². The number of esters is 1. The molecule has 0 radical (unpaired) electrons. The van der Waals surface area contributed by atoms with Crippen LogP contribution in [0.3, 0.4) is 0 Å².